The maximum absolute atomic E-state index is 2.82. The van der Waals surface area contributed by atoms with Crippen LogP contribution in [0.2, 0.25) is 0 Å². The number of hydrogen-bond acceptors (Lipinski definition) is 0. The molecule has 0 radical (unpaired) electrons. The van der Waals surface area contributed by atoms with Gasteiger partial charge in [-0.2, -0.15) is 0 Å². The Balaban J connectivity index is 0.00000225. The van der Waals surface area contributed by atoms with Gasteiger partial charge in [0.15, 0.2) is 0 Å². The topological polar surface area (TPSA) is 0 Å². The van der Waals surface area contributed by atoms with Crippen LogP contribution in [0, 0.1) is 5.92 Å². The molecule has 1 aromatic rings. The normalized spacial score (nSPS) is 10.2. The van der Waals surface area contributed by atoms with Gasteiger partial charge in [0, 0.05) is 0 Å². The van der Waals surface area contributed by atoms with Gasteiger partial charge >= 0.3 is 0 Å². The summed E-state index contributed by atoms with van der Waals surface area (Å²) in [6, 6.07) is 8.65. The summed E-state index contributed by atoms with van der Waals surface area (Å²) in [7, 11) is 2.82. The van der Waals surface area contributed by atoms with E-state index >= 15 is 0 Å². The summed E-state index contributed by atoms with van der Waals surface area (Å²) in [4.78, 5) is 0. The van der Waals surface area contributed by atoms with Crippen molar-refractivity contribution < 1.29 is 0 Å². The Morgan fingerprint density at radius 3 is 2.38 bits per heavy atom. The summed E-state index contributed by atoms with van der Waals surface area (Å²) in [5, 5.41) is 1.36. The molecule has 0 aliphatic rings. The second kappa shape index (κ2) is 9.19. The van der Waals surface area contributed by atoms with Gasteiger partial charge in [-0.15, -0.1) is 26.2 Å². The van der Waals surface area contributed by atoms with E-state index in [1.807, 2.05) is 0 Å². The molecule has 2 heteroatoms. The zero-order valence-corrected chi connectivity index (χ0v) is 13.3. The first kappa shape index (κ1) is 16.1. The Morgan fingerprint density at radius 2 is 1.75 bits per heavy atom. The van der Waals surface area contributed by atoms with E-state index in [9.17, 15) is 0 Å². The van der Waals surface area contributed by atoms with Gasteiger partial charge in [0.2, 0.25) is 0 Å². The van der Waals surface area contributed by atoms with Crippen LogP contribution in [0.5, 0.6) is 0 Å². The van der Waals surface area contributed by atoms with E-state index in [4.69, 9.17) is 0 Å². The SMILES string of the molecule is Br.CC(C)CCCCCc1ccccc1P. The van der Waals surface area contributed by atoms with Crippen molar-refractivity contribution in [3.8, 4) is 0 Å². The van der Waals surface area contributed by atoms with Crippen LogP contribution in [0.3, 0.4) is 0 Å². The fourth-order valence-electron chi connectivity index (χ4n) is 1.81. The van der Waals surface area contributed by atoms with Crippen molar-refractivity contribution in [1.82, 2.24) is 0 Å². The molecule has 0 saturated heterocycles. The van der Waals surface area contributed by atoms with Gasteiger partial charge in [0.1, 0.15) is 0 Å². The number of rotatable bonds is 6. The number of halogens is 1. The zero-order valence-electron chi connectivity index (χ0n) is 10.4. The Bertz CT molecular complexity index is 284. The third-order valence-corrected chi connectivity index (χ3v) is 3.35. The predicted octanol–water partition coefficient (Wildman–Crippen LogP) is 4.52. The van der Waals surface area contributed by atoms with Crippen molar-refractivity contribution in [2.45, 2.75) is 46.0 Å². The third-order valence-electron chi connectivity index (χ3n) is 2.78. The van der Waals surface area contributed by atoms with Crippen LogP contribution >= 0.6 is 26.2 Å². The lowest BCUT2D eigenvalue weighted by Crippen LogP contribution is -2.00. The highest BCUT2D eigenvalue weighted by Crippen LogP contribution is 2.11. The van der Waals surface area contributed by atoms with Crippen LogP contribution < -0.4 is 5.30 Å². The van der Waals surface area contributed by atoms with Crippen molar-refractivity contribution in [2.24, 2.45) is 5.92 Å². The first-order chi connectivity index (χ1) is 7.20. The average Bonchev–Trinajstić information content (AvgIpc) is 2.20. The molecule has 0 aromatic heterocycles. The Labute approximate surface area is 113 Å². The van der Waals surface area contributed by atoms with Crippen LogP contribution in [-0.2, 0) is 6.42 Å². The summed E-state index contributed by atoms with van der Waals surface area (Å²) >= 11 is 0. The predicted molar refractivity (Wildman–Crippen MR) is 83.1 cm³/mol. The minimum atomic E-state index is 0. The molecule has 16 heavy (non-hydrogen) atoms. The van der Waals surface area contributed by atoms with E-state index in [1.165, 1.54) is 43.0 Å². The van der Waals surface area contributed by atoms with Crippen LogP contribution in [0.1, 0.15) is 45.1 Å². The molecule has 0 nitrogen and oxygen atoms in total. The maximum Gasteiger partial charge on any atom is -0.0271 e. The van der Waals surface area contributed by atoms with Crippen molar-refractivity contribution in [3.05, 3.63) is 29.8 Å². The lowest BCUT2D eigenvalue weighted by molar-refractivity contribution is 0.527. The Morgan fingerprint density at radius 1 is 1.06 bits per heavy atom. The molecule has 0 N–H and O–H groups in total. The van der Waals surface area contributed by atoms with E-state index in [0.717, 1.165) is 5.92 Å². The van der Waals surface area contributed by atoms with E-state index in [2.05, 4.69) is 47.4 Å². The van der Waals surface area contributed by atoms with Crippen LogP contribution in [-0.4, -0.2) is 0 Å². The molecule has 0 spiro atoms. The first-order valence-corrected chi connectivity index (χ1v) is 6.61. The minimum Gasteiger partial charge on any atom is -0.114 e. The van der Waals surface area contributed by atoms with Gasteiger partial charge in [0.25, 0.3) is 0 Å². The molecule has 1 aromatic carbocycles. The molecule has 1 rings (SSSR count). The average molecular weight is 303 g/mol. The number of unbranched alkanes of at least 4 members (excludes halogenated alkanes) is 2. The van der Waals surface area contributed by atoms with E-state index in [-0.39, 0.29) is 17.0 Å². The third kappa shape index (κ3) is 6.66. The summed E-state index contributed by atoms with van der Waals surface area (Å²) in [5.41, 5.74) is 1.49. The van der Waals surface area contributed by atoms with Crippen LogP contribution in [0.25, 0.3) is 0 Å². The zero-order chi connectivity index (χ0) is 11.1. The van der Waals surface area contributed by atoms with Crippen molar-refractivity contribution in [3.63, 3.8) is 0 Å². The second-order valence-electron chi connectivity index (χ2n) is 4.69. The lowest BCUT2D eigenvalue weighted by atomic mass is 10.0. The van der Waals surface area contributed by atoms with Crippen LogP contribution in [0.15, 0.2) is 24.3 Å². The molecule has 1 unspecified atom stereocenters. The van der Waals surface area contributed by atoms with E-state index in [0.29, 0.717) is 0 Å². The quantitative estimate of drug-likeness (QED) is 0.535. The summed E-state index contributed by atoms with van der Waals surface area (Å²) in [5.74, 6) is 0.860. The van der Waals surface area contributed by atoms with Crippen molar-refractivity contribution in [1.29, 1.82) is 0 Å². The van der Waals surface area contributed by atoms with Crippen molar-refractivity contribution >= 4 is 31.5 Å². The van der Waals surface area contributed by atoms with Gasteiger partial charge in [-0.3, -0.25) is 0 Å². The van der Waals surface area contributed by atoms with Gasteiger partial charge < -0.3 is 0 Å². The van der Waals surface area contributed by atoms with Gasteiger partial charge in [-0.05, 0) is 29.6 Å². The fourth-order valence-corrected chi connectivity index (χ4v) is 2.16. The molecule has 0 aliphatic heterocycles. The standard InChI is InChI=1S/C14H23P.BrH/c1-12(2)8-4-3-5-9-13-10-6-7-11-14(13)15;/h6-7,10-12H,3-5,8-9,15H2,1-2H3;1H. The molecule has 1 atom stereocenters. The monoisotopic (exact) mass is 302 g/mol. The van der Waals surface area contributed by atoms with Gasteiger partial charge in [-0.25, -0.2) is 0 Å². The molecular formula is C14H24BrP. The van der Waals surface area contributed by atoms with Crippen LogP contribution in [0.4, 0.5) is 0 Å². The molecular weight excluding hydrogens is 279 g/mol. The molecule has 0 aliphatic carbocycles. The highest BCUT2D eigenvalue weighted by molar-refractivity contribution is 8.93. The largest absolute Gasteiger partial charge is 0.114 e. The maximum atomic E-state index is 2.82. The Kier molecular flexibility index (Phi) is 9.26. The highest BCUT2D eigenvalue weighted by atomic mass is 79.9. The number of hydrogen-bond donors (Lipinski definition) is 0. The molecule has 0 amide bonds. The lowest BCUT2D eigenvalue weighted by Gasteiger charge is -2.06. The minimum absolute atomic E-state index is 0. The summed E-state index contributed by atoms with van der Waals surface area (Å²) in [6.45, 7) is 4.61. The molecule has 0 bridgehead atoms. The van der Waals surface area contributed by atoms with Gasteiger partial charge in [-0.1, -0.05) is 57.4 Å². The molecule has 0 heterocycles. The number of benzene rings is 1. The first-order valence-electron chi connectivity index (χ1n) is 6.03. The number of aryl methyl sites for hydroxylation is 1. The van der Waals surface area contributed by atoms with Crippen molar-refractivity contribution in [2.75, 3.05) is 0 Å². The Hall–Kier alpha value is 0.130. The molecule has 0 saturated carbocycles. The van der Waals surface area contributed by atoms with E-state index < -0.39 is 0 Å². The summed E-state index contributed by atoms with van der Waals surface area (Å²) in [6.07, 6.45) is 6.70. The fraction of sp³-hybridized carbons (Fsp3) is 0.571. The molecule has 92 valence electrons. The van der Waals surface area contributed by atoms with E-state index in [1.54, 1.807) is 0 Å². The molecule has 0 fully saturated rings. The van der Waals surface area contributed by atoms with Gasteiger partial charge in [0.05, 0.1) is 0 Å². The second-order valence-corrected chi connectivity index (χ2v) is 5.31. The smallest absolute Gasteiger partial charge is 0.0271 e. The highest BCUT2D eigenvalue weighted by Gasteiger charge is 1.98. The summed E-state index contributed by atoms with van der Waals surface area (Å²) < 4.78 is 0.